The third-order valence-electron chi connectivity index (χ3n) is 4.39. The minimum Gasteiger partial charge on any atom is -0.489 e. The molecule has 2 fully saturated rings. The highest BCUT2D eigenvalue weighted by atomic mass is 35.5. The Morgan fingerprint density at radius 1 is 1.08 bits per heavy atom. The molecule has 0 bridgehead atoms. The molecule has 132 valence electrons. The van der Waals surface area contributed by atoms with Crippen LogP contribution < -0.4 is 10.2 Å². The van der Waals surface area contributed by atoms with Gasteiger partial charge in [0.1, 0.15) is 11.9 Å². The molecule has 2 aliphatic heterocycles. The van der Waals surface area contributed by atoms with Crippen molar-refractivity contribution in [2.45, 2.75) is 64.3 Å². The van der Waals surface area contributed by atoms with E-state index < -0.39 is 7.12 Å². The van der Waals surface area contributed by atoms with E-state index in [4.69, 9.17) is 30.4 Å². The van der Waals surface area contributed by atoms with Gasteiger partial charge in [-0.25, -0.2) is 0 Å². The van der Waals surface area contributed by atoms with Gasteiger partial charge in [-0.2, -0.15) is 0 Å². The largest absolute Gasteiger partial charge is 0.494 e. The van der Waals surface area contributed by atoms with E-state index in [1.165, 1.54) is 0 Å². The van der Waals surface area contributed by atoms with E-state index in [9.17, 15) is 0 Å². The Labute approximate surface area is 149 Å². The highest BCUT2D eigenvalue weighted by Crippen LogP contribution is 2.34. The molecule has 0 amide bonds. The third-order valence-corrected chi connectivity index (χ3v) is 4.69. The van der Waals surface area contributed by atoms with E-state index in [1.54, 1.807) is 0 Å². The Bertz CT molecular complexity index is 568. The zero-order valence-corrected chi connectivity index (χ0v) is 15.7. The van der Waals surface area contributed by atoms with Gasteiger partial charge < -0.3 is 18.8 Å². The van der Waals surface area contributed by atoms with Crippen LogP contribution in [0.1, 0.15) is 47.0 Å². The van der Waals surface area contributed by atoms with Gasteiger partial charge in [-0.1, -0.05) is 17.7 Å². The van der Waals surface area contributed by atoms with Gasteiger partial charge in [0.15, 0.2) is 0 Å². The summed E-state index contributed by atoms with van der Waals surface area (Å²) in [5, 5.41) is 0.590. The average molecular weight is 353 g/mol. The van der Waals surface area contributed by atoms with Gasteiger partial charge in [-0.15, -0.1) is 0 Å². The minimum absolute atomic E-state index is 0.169. The Morgan fingerprint density at radius 2 is 1.71 bits per heavy atom. The summed E-state index contributed by atoms with van der Waals surface area (Å²) in [6.45, 7) is 9.86. The first kappa shape index (κ1) is 18.1. The van der Waals surface area contributed by atoms with Gasteiger partial charge in [0.25, 0.3) is 0 Å². The lowest BCUT2D eigenvalue weighted by Gasteiger charge is -2.44. The normalized spacial score (nSPS) is 24.0. The summed E-state index contributed by atoms with van der Waals surface area (Å²) in [5.74, 6) is 0.710. The van der Waals surface area contributed by atoms with Crippen molar-refractivity contribution < 1.29 is 18.8 Å². The average Bonchev–Trinajstić information content (AvgIpc) is 2.47. The summed E-state index contributed by atoms with van der Waals surface area (Å²) in [6, 6.07) is 5.77. The van der Waals surface area contributed by atoms with Crippen LogP contribution in [0.3, 0.4) is 0 Å². The Balaban J connectivity index is 1.74. The summed E-state index contributed by atoms with van der Waals surface area (Å²) < 4.78 is 23.6. The lowest BCUT2D eigenvalue weighted by molar-refractivity contribution is -0.0716. The van der Waals surface area contributed by atoms with E-state index in [1.807, 2.05) is 18.2 Å². The van der Waals surface area contributed by atoms with Crippen molar-refractivity contribution in [3.05, 3.63) is 23.2 Å². The molecule has 0 saturated carbocycles. The number of halogens is 1. The maximum atomic E-state index is 6.44. The maximum absolute atomic E-state index is 6.44. The first-order valence-electron chi connectivity index (χ1n) is 8.64. The van der Waals surface area contributed by atoms with Gasteiger partial charge in [0, 0.05) is 19.3 Å². The molecule has 0 spiro atoms. The molecule has 24 heavy (non-hydrogen) atoms. The van der Waals surface area contributed by atoms with E-state index in [0.717, 1.165) is 37.9 Å². The second kappa shape index (κ2) is 6.87. The van der Waals surface area contributed by atoms with Crippen molar-refractivity contribution in [2.75, 3.05) is 13.2 Å². The van der Waals surface area contributed by atoms with Crippen molar-refractivity contribution in [1.29, 1.82) is 0 Å². The van der Waals surface area contributed by atoms with E-state index >= 15 is 0 Å². The molecule has 1 aromatic carbocycles. The van der Waals surface area contributed by atoms with Crippen LogP contribution in [0.5, 0.6) is 5.75 Å². The van der Waals surface area contributed by atoms with Crippen molar-refractivity contribution in [3.63, 3.8) is 0 Å². The van der Waals surface area contributed by atoms with Crippen LogP contribution in [-0.2, 0) is 14.0 Å². The molecule has 0 unspecified atom stereocenters. The van der Waals surface area contributed by atoms with Crippen LogP contribution in [0.25, 0.3) is 0 Å². The molecule has 3 rings (SSSR count). The zero-order chi connectivity index (χ0) is 17.4. The SMILES string of the molecule is CC1(C)CC(C)(C)OB(c2ccc(OC3CCOCC3)c(Cl)c2)O1. The molecule has 1 aromatic rings. The van der Waals surface area contributed by atoms with Crippen LogP contribution in [0.15, 0.2) is 18.2 Å². The van der Waals surface area contributed by atoms with Crippen molar-refractivity contribution in [2.24, 2.45) is 0 Å². The minimum atomic E-state index is -0.418. The first-order chi connectivity index (χ1) is 11.2. The summed E-state index contributed by atoms with van der Waals surface area (Å²) >= 11 is 6.44. The topological polar surface area (TPSA) is 36.9 Å². The quantitative estimate of drug-likeness (QED) is 0.779. The van der Waals surface area contributed by atoms with Gasteiger partial charge in [-0.3, -0.25) is 0 Å². The van der Waals surface area contributed by atoms with Crippen molar-refractivity contribution in [1.82, 2.24) is 0 Å². The number of hydrogen-bond donors (Lipinski definition) is 0. The fraction of sp³-hybridized carbons (Fsp3) is 0.667. The zero-order valence-electron chi connectivity index (χ0n) is 14.9. The van der Waals surface area contributed by atoms with Crippen LogP contribution in [0.4, 0.5) is 0 Å². The summed E-state index contributed by atoms with van der Waals surface area (Å²) in [4.78, 5) is 0. The molecular weight excluding hydrogens is 326 g/mol. The van der Waals surface area contributed by atoms with Gasteiger partial charge >= 0.3 is 7.12 Å². The molecule has 2 aliphatic rings. The predicted octanol–water partition coefficient (Wildman–Crippen LogP) is 3.59. The summed E-state index contributed by atoms with van der Waals surface area (Å²) in [7, 11) is -0.418. The number of ether oxygens (including phenoxy) is 2. The Hall–Kier alpha value is -0.745. The van der Waals surface area contributed by atoms with Crippen LogP contribution in [-0.4, -0.2) is 37.6 Å². The standard InChI is InChI=1S/C18H26BClO4/c1-17(2)12-18(3,4)24-19(23-17)13-5-6-16(15(20)11-13)22-14-7-9-21-10-8-14/h5-6,11,14H,7-10,12H2,1-4H3. The highest BCUT2D eigenvalue weighted by molar-refractivity contribution is 6.62. The van der Waals surface area contributed by atoms with Crippen molar-refractivity contribution >= 4 is 24.2 Å². The summed E-state index contributed by atoms with van der Waals surface area (Å²) in [5.41, 5.74) is 0.437. The Kier molecular flexibility index (Phi) is 5.17. The number of benzene rings is 1. The van der Waals surface area contributed by atoms with E-state index in [-0.39, 0.29) is 17.3 Å². The highest BCUT2D eigenvalue weighted by Gasteiger charge is 2.43. The molecular formula is C18H26BClO4. The molecule has 0 aliphatic carbocycles. The fourth-order valence-electron chi connectivity index (χ4n) is 3.58. The fourth-order valence-corrected chi connectivity index (χ4v) is 3.81. The van der Waals surface area contributed by atoms with Crippen LogP contribution >= 0.6 is 11.6 Å². The number of hydrogen-bond acceptors (Lipinski definition) is 4. The smallest absolute Gasteiger partial charge is 0.489 e. The van der Waals surface area contributed by atoms with Crippen LogP contribution in [0, 0.1) is 0 Å². The van der Waals surface area contributed by atoms with Gasteiger partial charge in [-0.05, 0) is 45.3 Å². The molecule has 2 saturated heterocycles. The maximum Gasteiger partial charge on any atom is 0.494 e. The predicted molar refractivity (Wildman–Crippen MR) is 96.3 cm³/mol. The molecule has 0 atom stereocenters. The second-order valence-electron chi connectivity index (χ2n) is 7.88. The Morgan fingerprint density at radius 3 is 2.29 bits per heavy atom. The summed E-state index contributed by atoms with van der Waals surface area (Å²) in [6.07, 6.45) is 2.81. The first-order valence-corrected chi connectivity index (χ1v) is 9.01. The lowest BCUT2D eigenvalue weighted by atomic mass is 9.73. The second-order valence-corrected chi connectivity index (χ2v) is 8.29. The molecule has 6 heteroatoms. The van der Waals surface area contributed by atoms with E-state index in [2.05, 4.69) is 27.7 Å². The molecule has 2 heterocycles. The third kappa shape index (κ3) is 4.45. The van der Waals surface area contributed by atoms with Gasteiger partial charge in [0.05, 0.1) is 29.4 Å². The van der Waals surface area contributed by atoms with Gasteiger partial charge in [0.2, 0.25) is 0 Å². The molecule has 0 radical (unpaired) electrons. The monoisotopic (exact) mass is 352 g/mol. The van der Waals surface area contributed by atoms with Crippen LogP contribution in [0.2, 0.25) is 5.02 Å². The molecule has 0 N–H and O–H groups in total. The van der Waals surface area contributed by atoms with E-state index in [0.29, 0.717) is 10.8 Å². The number of rotatable bonds is 3. The molecule has 0 aromatic heterocycles. The lowest BCUT2D eigenvalue weighted by Crippen LogP contribution is -2.56. The molecule has 4 nitrogen and oxygen atoms in total. The van der Waals surface area contributed by atoms with Crippen molar-refractivity contribution in [3.8, 4) is 5.75 Å².